The monoisotopic (exact) mass is 172 g/mol. The Hall–Kier alpha value is -1.48. The number of nitrogens with zero attached hydrogens (tertiary/aromatic N) is 2. The SMILES string of the molecule is c1ccc2nc(C3CO3)cnc2c1. The Balaban J connectivity index is 2.21. The highest BCUT2D eigenvalue weighted by Gasteiger charge is 2.26. The molecule has 0 aliphatic carbocycles. The van der Waals surface area contributed by atoms with Crippen molar-refractivity contribution in [3.63, 3.8) is 0 Å². The van der Waals surface area contributed by atoms with Crippen LogP contribution < -0.4 is 0 Å². The average molecular weight is 172 g/mol. The molecule has 1 atom stereocenters. The third kappa shape index (κ3) is 1.17. The Labute approximate surface area is 75.4 Å². The fraction of sp³-hybridized carbons (Fsp3) is 0.200. The van der Waals surface area contributed by atoms with Gasteiger partial charge in [-0.3, -0.25) is 4.98 Å². The normalized spacial score (nSPS) is 20.5. The predicted molar refractivity (Wildman–Crippen MR) is 48.2 cm³/mol. The highest BCUT2D eigenvalue weighted by atomic mass is 16.6. The topological polar surface area (TPSA) is 38.3 Å². The van der Waals surface area contributed by atoms with Crippen LogP contribution in [0.3, 0.4) is 0 Å². The number of hydrogen-bond donors (Lipinski definition) is 0. The van der Waals surface area contributed by atoms with E-state index in [9.17, 15) is 0 Å². The number of aromatic nitrogens is 2. The Morgan fingerprint density at radius 2 is 2.00 bits per heavy atom. The average Bonchev–Trinajstić information content (AvgIpc) is 3.00. The van der Waals surface area contributed by atoms with Gasteiger partial charge in [-0.25, -0.2) is 4.98 Å². The summed E-state index contributed by atoms with van der Waals surface area (Å²) in [5, 5.41) is 0. The number of fused-ring (bicyclic) bond motifs is 1. The van der Waals surface area contributed by atoms with Crippen molar-refractivity contribution in [3.8, 4) is 0 Å². The summed E-state index contributed by atoms with van der Waals surface area (Å²) in [6, 6.07) is 7.85. The largest absolute Gasteiger partial charge is 0.366 e. The number of hydrogen-bond acceptors (Lipinski definition) is 3. The van der Waals surface area contributed by atoms with Crippen LogP contribution in [0.1, 0.15) is 11.8 Å². The minimum absolute atomic E-state index is 0.192. The Kier molecular flexibility index (Phi) is 1.34. The van der Waals surface area contributed by atoms with Gasteiger partial charge in [-0.1, -0.05) is 12.1 Å². The van der Waals surface area contributed by atoms with E-state index in [1.165, 1.54) is 0 Å². The summed E-state index contributed by atoms with van der Waals surface area (Å²) in [5.41, 5.74) is 2.82. The molecular weight excluding hydrogens is 164 g/mol. The molecule has 1 aromatic carbocycles. The fourth-order valence-electron chi connectivity index (χ4n) is 1.35. The van der Waals surface area contributed by atoms with Crippen molar-refractivity contribution >= 4 is 11.0 Å². The molecule has 2 aromatic rings. The zero-order chi connectivity index (χ0) is 8.67. The van der Waals surface area contributed by atoms with Crippen LogP contribution >= 0.6 is 0 Å². The first-order valence-corrected chi connectivity index (χ1v) is 4.27. The molecule has 0 spiro atoms. The summed E-state index contributed by atoms with van der Waals surface area (Å²) in [6.45, 7) is 0.785. The van der Waals surface area contributed by atoms with Gasteiger partial charge in [0.1, 0.15) is 6.10 Å². The highest BCUT2D eigenvalue weighted by Crippen LogP contribution is 2.28. The molecule has 3 heteroatoms. The maximum atomic E-state index is 5.14. The lowest BCUT2D eigenvalue weighted by molar-refractivity contribution is 0.411. The van der Waals surface area contributed by atoms with Crippen LogP contribution in [-0.2, 0) is 4.74 Å². The van der Waals surface area contributed by atoms with E-state index in [1.807, 2.05) is 24.3 Å². The Bertz CT molecular complexity index is 451. The van der Waals surface area contributed by atoms with Gasteiger partial charge in [-0.2, -0.15) is 0 Å². The lowest BCUT2D eigenvalue weighted by Gasteiger charge is -1.97. The van der Waals surface area contributed by atoms with Gasteiger partial charge in [-0.15, -0.1) is 0 Å². The zero-order valence-corrected chi connectivity index (χ0v) is 6.97. The van der Waals surface area contributed by atoms with Crippen LogP contribution in [0.4, 0.5) is 0 Å². The summed E-state index contributed by atoms with van der Waals surface area (Å²) in [7, 11) is 0. The van der Waals surface area contributed by atoms with E-state index in [2.05, 4.69) is 9.97 Å². The third-order valence-electron chi connectivity index (χ3n) is 2.13. The molecule has 3 rings (SSSR count). The Morgan fingerprint density at radius 1 is 1.23 bits per heavy atom. The summed E-state index contributed by atoms with van der Waals surface area (Å²) < 4.78 is 5.14. The van der Waals surface area contributed by atoms with E-state index >= 15 is 0 Å². The molecule has 2 heterocycles. The smallest absolute Gasteiger partial charge is 0.124 e. The van der Waals surface area contributed by atoms with Crippen molar-refractivity contribution in [3.05, 3.63) is 36.2 Å². The molecule has 1 fully saturated rings. The van der Waals surface area contributed by atoms with Gasteiger partial charge in [0, 0.05) is 0 Å². The van der Waals surface area contributed by atoms with Crippen LogP contribution in [0.5, 0.6) is 0 Å². The van der Waals surface area contributed by atoms with Crippen molar-refractivity contribution in [1.29, 1.82) is 0 Å². The second-order valence-corrected chi connectivity index (χ2v) is 3.11. The van der Waals surface area contributed by atoms with Crippen molar-refractivity contribution < 1.29 is 4.74 Å². The number of rotatable bonds is 1. The molecule has 1 saturated heterocycles. The van der Waals surface area contributed by atoms with Crippen LogP contribution in [0, 0.1) is 0 Å². The molecule has 0 radical (unpaired) electrons. The molecule has 64 valence electrons. The molecule has 1 unspecified atom stereocenters. The number of ether oxygens (including phenoxy) is 1. The second kappa shape index (κ2) is 2.50. The van der Waals surface area contributed by atoms with Crippen LogP contribution in [0.15, 0.2) is 30.5 Å². The minimum atomic E-state index is 0.192. The van der Waals surface area contributed by atoms with Gasteiger partial charge in [0.05, 0.1) is 29.5 Å². The standard InChI is InChI=1S/C10H8N2O/c1-2-4-8-7(3-1)11-5-9(12-8)10-6-13-10/h1-5,10H,6H2. The van der Waals surface area contributed by atoms with E-state index in [0.717, 1.165) is 23.3 Å². The maximum absolute atomic E-state index is 5.14. The van der Waals surface area contributed by atoms with Gasteiger partial charge in [-0.05, 0) is 12.1 Å². The highest BCUT2D eigenvalue weighted by molar-refractivity contribution is 5.73. The first-order chi connectivity index (χ1) is 6.43. The number of para-hydroxylation sites is 2. The molecule has 0 amide bonds. The lowest BCUT2D eigenvalue weighted by Crippen LogP contribution is -1.90. The quantitative estimate of drug-likeness (QED) is 0.614. The number of benzene rings is 1. The van der Waals surface area contributed by atoms with E-state index in [-0.39, 0.29) is 6.10 Å². The first kappa shape index (κ1) is 6.97. The molecule has 1 aliphatic rings. The van der Waals surface area contributed by atoms with Crippen LogP contribution in [0.25, 0.3) is 11.0 Å². The summed E-state index contributed by atoms with van der Waals surface area (Å²) in [5.74, 6) is 0. The first-order valence-electron chi connectivity index (χ1n) is 4.27. The molecule has 0 N–H and O–H groups in total. The Morgan fingerprint density at radius 3 is 2.77 bits per heavy atom. The van der Waals surface area contributed by atoms with E-state index < -0.39 is 0 Å². The molecular formula is C10H8N2O. The van der Waals surface area contributed by atoms with Crippen molar-refractivity contribution in [2.75, 3.05) is 6.61 Å². The minimum Gasteiger partial charge on any atom is -0.366 e. The van der Waals surface area contributed by atoms with Gasteiger partial charge in [0.2, 0.25) is 0 Å². The van der Waals surface area contributed by atoms with E-state index in [1.54, 1.807) is 6.20 Å². The third-order valence-corrected chi connectivity index (χ3v) is 2.13. The van der Waals surface area contributed by atoms with E-state index in [4.69, 9.17) is 4.74 Å². The fourth-order valence-corrected chi connectivity index (χ4v) is 1.35. The molecule has 1 aliphatic heterocycles. The van der Waals surface area contributed by atoms with Gasteiger partial charge < -0.3 is 4.74 Å². The van der Waals surface area contributed by atoms with Gasteiger partial charge >= 0.3 is 0 Å². The molecule has 0 saturated carbocycles. The lowest BCUT2D eigenvalue weighted by atomic mass is 10.3. The molecule has 0 bridgehead atoms. The van der Waals surface area contributed by atoms with Crippen LogP contribution in [-0.4, -0.2) is 16.6 Å². The predicted octanol–water partition coefficient (Wildman–Crippen LogP) is 1.70. The summed E-state index contributed by atoms with van der Waals surface area (Å²) in [6.07, 6.45) is 1.98. The van der Waals surface area contributed by atoms with Crippen molar-refractivity contribution in [2.24, 2.45) is 0 Å². The summed E-state index contributed by atoms with van der Waals surface area (Å²) in [4.78, 5) is 8.75. The van der Waals surface area contributed by atoms with Crippen molar-refractivity contribution in [2.45, 2.75) is 6.10 Å². The molecule has 3 nitrogen and oxygen atoms in total. The molecule has 13 heavy (non-hydrogen) atoms. The van der Waals surface area contributed by atoms with Crippen LogP contribution in [0.2, 0.25) is 0 Å². The summed E-state index contributed by atoms with van der Waals surface area (Å²) >= 11 is 0. The zero-order valence-electron chi connectivity index (χ0n) is 6.97. The molecule has 1 aromatic heterocycles. The van der Waals surface area contributed by atoms with Gasteiger partial charge in [0.15, 0.2) is 0 Å². The maximum Gasteiger partial charge on any atom is 0.124 e. The van der Waals surface area contributed by atoms with Gasteiger partial charge in [0.25, 0.3) is 0 Å². The van der Waals surface area contributed by atoms with E-state index in [0.29, 0.717) is 0 Å². The van der Waals surface area contributed by atoms with Crippen molar-refractivity contribution in [1.82, 2.24) is 9.97 Å². The number of epoxide rings is 1. The second-order valence-electron chi connectivity index (χ2n) is 3.11.